The molecule has 0 radical (unpaired) electrons. The Bertz CT molecular complexity index is 1250. The number of carbonyl (C=O) groups is 2. The minimum atomic E-state index is -1.06. The third-order valence-corrected chi connectivity index (χ3v) is 4.39. The van der Waals surface area contributed by atoms with Crippen molar-refractivity contribution in [1.29, 1.82) is 0 Å². The summed E-state index contributed by atoms with van der Waals surface area (Å²) in [7, 11) is 0. The number of pyridine rings is 1. The van der Waals surface area contributed by atoms with Crippen LogP contribution in [0.3, 0.4) is 0 Å². The number of nitrogens with zero attached hydrogens (tertiary/aromatic N) is 2. The van der Waals surface area contributed by atoms with E-state index in [9.17, 15) is 14.0 Å². The average molecular weight is 459 g/mol. The average Bonchev–Trinajstić information content (AvgIpc) is 2.83. The molecule has 4 rings (SSSR count). The van der Waals surface area contributed by atoms with Crippen LogP contribution in [0.4, 0.5) is 25.5 Å². The molecule has 8 nitrogen and oxygen atoms in total. The third-order valence-electron chi connectivity index (χ3n) is 4.39. The van der Waals surface area contributed by atoms with Crippen molar-refractivity contribution in [2.45, 2.75) is 0 Å². The van der Waals surface area contributed by atoms with Crippen molar-refractivity contribution in [3.8, 4) is 23.0 Å². The van der Waals surface area contributed by atoms with Gasteiger partial charge in [-0.2, -0.15) is 4.90 Å². The van der Waals surface area contributed by atoms with E-state index < -0.39 is 18.0 Å². The topological polar surface area (TPSA) is 104 Å². The molecule has 1 heterocycles. The SMILES string of the molecule is Nc1ccc(Oc2ccnc(N(C(=O)Oc3ccccc3)C(=O)Oc3ccccc3)c2)c(F)c1. The fraction of sp³-hybridized carbons (Fsp3) is 0. The fourth-order valence-electron chi connectivity index (χ4n) is 2.84. The van der Waals surface area contributed by atoms with Crippen LogP contribution in [0.15, 0.2) is 97.2 Å². The summed E-state index contributed by atoms with van der Waals surface area (Å²) in [4.78, 5) is 30.6. The summed E-state index contributed by atoms with van der Waals surface area (Å²) in [6, 6.07) is 23.0. The molecule has 9 heteroatoms. The summed E-state index contributed by atoms with van der Waals surface area (Å²) in [5.41, 5.74) is 5.80. The van der Waals surface area contributed by atoms with E-state index in [-0.39, 0.29) is 34.5 Å². The van der Waals surface area contributed by atoms with E-state index in [4.69, 9.17) is 19.9 Å². The normalized spacial score (nSPS) is 10.3. The van der Waals surface area contributed by atoms with Gasteiger partial charge in [0, 0.05) is 24.0 Å². The summed E-state index contributed by atoms with van der Waals surface area (Å²) >= 11 is 0. The van der Waals surface area contributed by atoms with E-state index in [0.717, 1.165) is 6.07 Å². The molecule has 0 aliphatic heterocycles. The van der Waals surface area contributed by atoms with E-state index in [1.54, 1.807) is 60.7 Å². The van der Waals surface area contributed by atoms with Crippen LogP contribution in [0.25, 0.3) is 0 Å². The number of hydrogen-bond donors (Lipinski definition) is 1. The highest BCUT2D eigenvalue weighted by Crippen LogP contribution is 2.28. The van der Waals surface area contributed by atoms with E-state index >= 15 is 0 Å². The standard InChI is InChI=1S/C25H18FN3O5/c26-21-15-17(27)11-12-22(21)32-20-13-14-28-23(16-20)29(24(30)33-18-7-3-1-4-8-18)25(31)34-19-9-5-2-6-10-19/h1-16H,27H2. The summed E-state index contributed by atoms with van der Waals surface area (Å²) in [5.74, 6) is -0.407. The number of benzene rings is 3. The Kier molecular flexibility index (Phi) is 6.64. The molecule has 2 N–H and O–H groups in total. The van der Waals surface area contributed by atoms with Crippen molar-refractivity contribution < 1.29 is 28.2 Å². The summed E-state index contributed by atoms with van der Waals surface area (Å²) < 4.78 is 30.3. The van der Waals surface area contributed by atoms with Gasteiger partial charge in [-0.15, -0.1) is 0 Å². The first-order chi connectivity index (χ1) is 16.5. The molecule has 2 amide bonds. The number of carbonyl (C=O) groups excluding carboxylic acids is 2. The molecule has 0 fully saturated rings. The van der Waals surface area contributed by atoms with Gasteiger partial charge in [-0.3, -0.25) is 0 Å². The third kappa shape index (κ3) is 5.46. The summed E-state index contributed by atoms with van der Waals surface area (Å²) in [6.07, 6.45) is -0.829. The second kappa shape index (κ2) is 10.1. The Hall–Kier alpha value is -4.92. The molecule has 0 spiro atoms. The number of aromatic nitrogens is 1. The first kappa shape index (κ1) is 22.3. The van der Waals surface area contributed by atoms with Gasteiger partial charge in [0.05, 0.1) is 0 Å². The zero-order valence-corrected chi connectivity index (χ0v) is 17.6. The lowest BCUT2D eigenvalue weighted by Crippen LogP contribution is -2.41. The monoisotopic (exact) mass is 459 g/mol. The van der Waals surface area contributed by atoms with E-state index in [2.05, 4.69) is 4.98 Å². The second-order valence-electron chi connectivity index (χ2n) is 6.84. The molecule has 4 aromatic rings. The Labute approximate surface area is 193 Å². The molecule has 0 aliphatic carbocycles. The number of ether oxygens (including phenoxy) is 3. The van der Waals surface area contributed by atoms with Crippen LogP contribution in [0.2, 0.25) is 0 Å². The number of nitrogens with two attached hydrogens (primary N) is 1. The quantitative estimate of drug-likeness (QED) is 0.376. The van der Waals surface area contributed by atoms with Crippen molar-refractivity contribution in [1.82, 2.24) is 4.98 Å². The fourth-order valence-corrected chi connectivity index (χ4v) is 2.84. The molecular weight excluding hydrogens is 441 g/mol. The van der Waals surface area contributed by atoms with Crippen molar-refractivity contribution in [2.75, 3.05) is 10.6 Å². The lowest BCUT2D eigenvalue weighted by Gasteiger charge is -2.19. The molecule has 0 unspecified atom stereocenters. The highest BCUT2D eigenvalue weighted by molar-refractivity contribution is 6.09. The molecule has 1 aromatic heterocycles. The lowest BCUT2D eigenvalue weighted by molar-refractivity contribution is 0.190. The highest BCUT2D eigenvalue weighted by Gasteiger charge is 2.29. The van der Waals surface area contributed by atoms with Gasteiger partial charge >= 0.3 is 12.2 Å². The molecule has 0 atom stereocenters. The van der Waals surface area contributed by atoms with Gasteiger partial charge in [0.25, 0.3) is 0 Å². The van der Waals surface area contributed by atoms with Crippen LogP contribution in [-0.4, -0.2) is 17.2 Å². The van der Waals surface area contributed by atoms with E-state index in [1.165, 1.54) is 30.5 Å². The van der Waals surface area contributed by atoms with Crippen LogP contribution >= 0.6 is 0 Å². The van der Waals surface area contributed by atoms with Gasteiger partial charge in [-0.25, -0.2) is 19.0 Å². The van der Waals surface area contributed by atoms with Gasteiger partial charge in [0.15, 0.2) is 17.4 Å². The van der Waals surface area contributed by atoms with Gasteiger partial charge < -0.3 is 19.9 Å². The van der Waals surface area contributed by atoms with Crippen molar-refractivity contribution >= 4 is 23.7 Å². The Morgan fingerprint density at radius 2 is 1.35 bits per heavy atom. The lowest BCUT2D eigenvalue weighted by atomic mass is 10.3. The Balaban J connectivity index is 1.64. The maximum absolute atomic E-state index is 14.2. The van der Waals surface area contributed by atoms with Crippen molar-refractivity contribution in [3.05, 3.63) is 103 Å². The van der Waals surface area contributed by atoms with Crippen molar-refractivity contribution in [3.63, 3.8) is 0 Å². The zero-order chi connectivity index (χ0) is 23.9. The van der Waals surface area contributed by atoms with Gasteiger partial charge in [-0.05, 0) is 42.5 Å². The maximum Gasteiger partial charge on any atom is 0.430 e. The number of nitrogen functional groups attached to an aromatic ring is 1. The molecule has 0 saturated carbocycles. The summed E-state index contributed by atoms with van der Waals surface area (Å²) in [6.45, 7) is 0. The maximum atomic E-state index is 14.2. The number of para-hydroxylation sites is 2. The van der Waals surface area contributed by atoms with Gasteiger partial charge in [0.1, 0.15) is 17.2 Å². The highest BCUT2D eigenvalue weighted by atomic mass is 19.1. The predicted molar refractivity (Wildman–Crippen MR) is 123 cm³/mol. The number of halogens is 1. The second-order valence-corrected chi connectivity index (χ2v) is 6.84. The van der Waals surface area contributed by atoms with Crippen molar-refractivity contribution in [2.24, 2.45) is 0 Å². The molecule has 0 aliphatic rings. The Morgan fingerprint density at radius 1 is 0.765 bits per heavy atom. The number of amides is 2. The van der Waals surface area contributed by atoms with Crippen LogP contribution < -0.4 is 24.8 Å². The zero-order valence-electron chi connectivity index (χ0n) is 17.6. The molecule has 3 aromatic carbocycles. The van der Waals surface area contributed by atoms with Crippen LogP contribution in [-0.2, 0) is 0 Å². The van der Waals surface area contributed by atoms with Gasteiger partial charge in [0.2, 0.25) is 0 Å². The molecule has 0 bridgehead atoms. The van der Waals surface area contributed by atoms with Crippen LogP contribution in [0.1, 0.15) is 0 Å². The minimum Gasteiger partial charge on any atom is -0.454 e. The minimum absolute atomic E-state index is 0.100. The van der Waals surface area contributed by atoms with E-state index in [1.807, 2.05) is 0 Å². The molecule has 34 heavy (non-hydrogen) atoms. The molecular formula is C25H18FN3O5. The predicted octanol–water partition coefficient (Wildman–Crippen LogP) is 5.80. The molecule has 170 valence electrons. The first-order valence-corrected chi connectivity index (χ1v) is 10.0. The number of rotatable bonds is 5. The Morgan fingerprint density at radius 3 is 1.91 bits per heavy atom. The first-order valence-electron chi connectivity index (χ1n) is 10.0. The number of hydrogen-bond acceptors (Lipinski definition) is 7. The molecule has 0 saturated heterocycles. The summed E-state index contributed by atoms with van der Waals surface area (Å²) in [5, 5.41) is 0. The van der Waals surface area contributed by atoms with E-state index in [0.29, 0.717) is 4.90 Å². The van der Waals surface area contributed by atoms with Crippen LogP contribution in [0.5, 0.6) is 23.0 Å². The smallest absolute Gasteiger partial charge is 0.430 e. The number of anilines is 2. The van der Waals surface area contributed by atoms with Gasteiger partial charge in [-0.1, -0.05) is 36.4 Å². The van der Waals surface area contributed by atoms with Crippen LogP contribution in [0, 0.1) is 5.82 Å². The largest absolute Gasteiger partial charge is 0.454 e. The number of imide groups is 1.